The largest absolute Gasteiger partial charge is 0.298 e. The Balaban J connectivity index is 2.03. The molecule has 13 heavy (non-hydrogen) atoms. The summed E-state index contributed by atoms with van der Waals surface area (Å²) in [7, 11) is 0. The Hall–Kier alpha value is 0.490. The van der Waals surface area contributed by atoms with Crippen molar-refractivity contribution in [3.63, 3.8) is 0 Å². The molecule has 1 aliphatic heterocycles. The molecule has 4 heteroatoms. The molecule has 1 nitrogen and oxygen atoms in total. The fourth-order valence-electron chi connectivity index (χ4n) is 1.41. The normalized spacial score (nSPS) is 28.2. The maximum atomic E-state index is 3.62. The second-order valence-electron chi connectivity index (χ2n) is 3.17. The molecular weight excluding hydrogens is 266 g/mol. The Morgan fingerprint density at radius 1 is 1.69 bits per heavy atom. The first-order valence-corrected chi connectivity index (χ1v) is 7.13. The first-order valence-electron chi connectivity index (χ1n) is 4.41. The van der Waals surface area contributed by atoms with E-state index in [2.05, 4.69) is 39.6 Å². The van der Waals surface area contributed by atoms with Crippen molar-refractivity contribution < 1.29 is 0 Å². The molecule has 0 saturated carbocycles. The lowest BCUT2D eigenvalue weighted by Crippen LogP contribution is -2.24. The minimum atomic E-state index is 0.521. The number of hydrogen-bond donors (Lipinski definition) is 1. The Kier molecular flexibility index (Phi) is 3.35. The minimum Gasteiger partial charge on any atom is -0.298 e. The molecule has 0 radical (unpaired) electrons. The van der Waals surface area contributed by atoms with Crippen molar-refractivity contribution in [3.8, 4) is 0 Å². The van der Waals surface area contributed by atoms with Gasteiger partial charge in [-0.05, 0) is 39.4 Å². The molecule has 2 unspecified atom stereocenters. The lowest BCUT2D eigenvalue weighted by atomic mass is 10.2. The maximum Gasteiger partial charge on any atom is 0.0800 e. The number of nitrogens with one attached hydrogen (secondary N) is 1. The van der Waals surface area contributed by atoms with Crippen LogP contribution in [0.3, 0.4) is 0 Å². The van der Waals surface area contributed by atoms with E-state index in [0.29, 0.717) is 11.4 Å². The Bertz CT molecular complexity index is 287. The highest BCUT2D eigenvalue weighted by atomic mass is 79.9. The van der Waals surface area contributed by atoms with Crippen molar-refractivity contribution in [3.05, 3.63) is 20.8 Å². The summed E-state index contributed by atoms with van der Waals surface area (Å²) in [5.41, 5.74) is 1.41. The number of thioether (sulfide) groups is 1. The molecule has 0 bridgehead atoms. The third kappa shape index (κ3) is 2.29. The molecule has 1 N–H and O–H groups in total. The van der Waals surface area contributed by atoms with Gasteiger partial charge in [0.25, 0.3) is 0 Å². The van der Waals surface area contributed by atoms with Crippen LogP contribution in [-0.4, -0.2) is 11.8 Å². The quantitative estimate of drug-likeness (QED) is 0.886. The number of thiophene rings is 1. The van der Waals surface area contributed by atoms with Crippen molar-refractivity contribution in [2.45, 2.75) is 24.8 Å². The zero-order chi connectivity index (χ0) is 9.26. The summed E-state index contributed by atoms with van der Waals surface area (Å²) in [5.74, 6) is 1.24. The van der Waals surface area contributed by atoms with Crippen LogP contribution in [0.1, 0.15) is 24.3 Å². The van der Waals surface area contributed by atoms with Crippen LogP contribution in [0.2, 0.25) is 0 Å². The van der Waals surface area contributed by atoms with Crippen LogP contribution in [0, 0.1) is 0 Å². The molecule has 2 heterocycles. The van der Waals surface area contributed by atoms with Gasteiger partial charge in [-0.3, -0.25) is 5.32 Å². The molecule has 1 fully saturated rings. The molecule has 2 atom stereocenters. The molecular formula is C9H12BrNS2. The molecule has 72 valence electrons. The summed E-state index contributed by atoms with van der Waals surface area (Å²) >= 11 is 7.27. The van der Waals surface area contributed by atoms with E-state index in [4.69, 9.17) is 0 Å². The zero-order valence-electron chi connectivity index (χ0n) is 7.42. The highest BCUT2D eigenvalue weighted by Gasteiger charge is 2.24. The number of rotatable bonds is 2. The number of hydrogen-bond acceptors (Lipinski definition) is 3. The van der Waals surface area contributed by atoms with Gasteiger partial charge in [0.1, 0.15) is 0 Å². The maximum absolute atomic E-state index is 3.62. The minimum absolute atomic E-state index is 0.521. The van der Waals surface area contributed by atoms with Crippen LogP contribution in [0.5, 0.6) is 0 Å². The van der Waals surface area contributed by atoms with Gasteiger partial charge in [0.05, 0.1) is 9.16 Å². The van der Waals surface area contributed by atoms with E-state index in [-0.39, 0.29) is 0 Å². The first-order chi connectivity index (χ1) is 6.29. The summed E-state index contributed by atoms with van der Waals surface area (Å²) < 4.78 is 1.23. The van der Waals surface area contributed by atoms with E-state index >= 15 is 0 Å². The second kappa shape index (κ2) is 4.34. The van der Waals surface area contributed by atoms with E-state index in [1.165, 1.54) is 21.5 Å². The van der Waals surface area contributed by atoms with Crippen LogP contribution < -0.4 is 5.32 Å². The van der Waals surface area contributed by atoms with Crippen LogP contribution in [0.15, 0.2) is 15.2 Å². The molecule has 0 spiro atoms. The fraction of sp³-hybridized carbons (Fsp3) is 0.556. The Morgan fingerprint density at radius 3 is 3.08 bits per heavy atom. The van der Waals surface area contributed by atoms with Crippen molar-refractivity contribution >= 4 is 39.0 Å². The van der Waals surface area contributed by atoms with Gasteiger partial charge >= 0.3 is 0 Å². The predicted molar refractivity (Wildman–Crippen MR) is 64.4 cm³/mol. The second-order valence-corrected chi connectivity index (χ2v) is 6.60. The monoisotopic (exact) mass is 277 g/mol. The van der Waals surface area contributed by atoms with E-state index < -0.39 is 0 Å². The van der Waals surface area contributed by atoms with Crippen molar-refractivity contribution in [1.82, 2.24) is 5.32 Å². The van der Waals surface area contributed by atoms with Gasteiger partial charge in [0.2, 0.25) is 0 Å². The Labute approximate surface area is 95.4 Å². The van der Waals surface area contributed by atoms with Crippen molar-refractivity contribution in [1.29, 1.82) is 0 Å². The summed E-state index contributed by atoms with van der Waals surface area (Å²) in [6.07, 6.45) is 1.23. The average Bonchev–Trinajstić information content (AvgIpc) is 2.71. The van der Waals surface area contributed by atoms with Gasteiger partial charge in [-0.2, -0.15) is 0 Å². The molecule has 1 aliphatic rings. The van der Waals surface area contributed by atoms with Crippen molar-refractivity contribution in [2.24, 2.45) is 0 Å². The smallest absolute Gasteiger partial charge is 0.0800 e. The molecule has 1 saturated heterocycles. The van der Waals surface area contributed by atoms with Crippen LogP contribution >= 0.6 is 39.0 Å². The zero-order valence-corrected chi connectivity index (χ0v) is 10.6. The molecule has 2 rings (SSSR count). The topological polar surface area (TPSA) is 12.0 Å². The summed E-state index contributed by atoms with van der Waals surface area (Å²) in [6, 6.07) is 2.92. The third-order valence-corrected chi connectivity index (χ3v) is 5.09. The molecule has 0 amide bonds. The van der Waals surface area contributed by atoms with E-state index in [1.807, 2.05) is 11.8 Å². The van der Waals surface area contributed by atoms with Gasteiger partial charge in [-0.15, -0.1) is 23.1 Å². The molecule has 0 aromatic carbocycles. The van der Waals surface area contributed by atoms with Crippen LogP contribution in [0.25, 0.3) is 0 Å². The predicted octanol–water partition coefficient (Wildman–Crippen LogP) is 3.62. The van der Waals surface area contributed by atoms with E-state index in [0.717, 1.165) is 0 Å². The highest BCUT2D eigenvalue weighted by molar-refractivity contribution is 9.11. The van der Waals surface area contributed by atoms with Crippen LogP contribution in [-0.2, 0) is 0 Å². The SMILES string of the molecule is CCC1CSC(c2csc(Br)c2)N1. The lowest BCUT2D eigenvalue weighted by Gasteiger charge is -2.09. The Morgan fingerprint density at radius 2 is 2.54 bits per heavy atom. The third-order valence-electron chi connectivity index (χ3n) is 2.23. The molecule has 1 aromatic rings. The van der Waals surface area contributed by atoms with E-state index in [1.54, 1.807) is 11.3 Å². The number of halogens is 1. The summed E-state index contributed by atoms with van der Waals surface area (Å²) in [6.45, 7) is 2.24. The van der Waals surface area contributed by atoms with Gasteiger partial charge in [0, 0.05) is 11.8 Å². The van der Waals surface area contributed by atoms with Gasteiger partial charge in [0.15, 0.2) is 0 Å². The van der Waals surface area contributed by atoms with Gasteiger partial charge in [-0.25, -0.2) is 0 Å². The van der Waals surface area contributed by atoms with Crippen LogP contribution in [0.4, 0.5) is 0 Å². The van der Waals surface area contributed by atoms with Crippen molar-refractivity contribution in [2.75, 3.05) is 5.75 Å². The summed E-state index contributed by atoms with van der Waals surface area (Å²) in [4.78, 5) is 0. The van der Waals surface area contributed by atoms with Gasteiger partial charge in [-0.1, -0.05) is 6.92 Å². The first kappa shape index (κ1) is 10.0. The lowest BCUT2D eigenvalue weighted by molar-refractivity contribution is 0.562. The average molecular weight is 278 g/mol. The fourth-order valence-corrected chi connectivity index (χ4v) is 4.07. The molecule has 1 aromatic heterocycles. The van der Waals surface area contributed by atoms with Gasteiger partial charge < -0.3 is 0 Å². The van der Waals surface area contributed by atoms with E-state index in [9.17, 15) is 0 Å². The molecule has 0 aliphatic carbocycles. The highest BCUT2D eigenvalue weighted by Crippen LogP contribution is 2.36. The summed E-state index contributed by atoms with van der Waals surface area (Å²) in [5, 5.41) is 6.37. The standard InChI is InChI=1S/C9H12BrNS2/c1-2-7-5-13-9(11-7)6-3-8(10)12-4-6/h3-4,7,9,11H,2,5H2,1H3.